The van der Waals surface area contributed by atoms with Gasteiger partial charge < -0.3 is 9.47 Å². The summed E-state index contributed by atoms with van der Waals surface area (Å²) in [7, 11) is 0. The number of carbonyl (C=O) groups is 3. The van der Waals surface area contributed by atoms with E-state index in [-0.39, 0.29) is 29.9 Å². The van der Waals surface area contributed by atoms with Gasteiger partial charge in [0.25, 0.3) is 0 Å². The molecule has 0 aromatic carbocycles. The van der Waals surface area contributed by atoms with E-state index < -0.39 is 28.1 Å². The molecule has 0 aliphatic carbocycles. The number of Topliss-reactive ketones (excluding diaryl/α,β-unsaturated/α-hetero) is 3. The fourth-order valence-electron chi connectivity index (χ4n) is 2.64. The van der Waals surface area contributed by atoms with Crippen molar-refractivity contribution < 1.29 is 23.9 Å². The summed E-state index contributed by atoms with van der Waals surface area (Å²) in [5, 5.41) is 0. The van der Waals surface area contributed by atoms with E-state index >= 15 is 0 Å². The van der Waals surface area contributed by atoms with Crippen LogP contribution in [0, 0.1) is 16.7 Å². The quantitative estimate of drug-likeness (QED) is 0.473. The average molecular weight is 399 g/mol. The summed E-state index contributed by atoms with van der Waals surface area (Å²) in [4.78, 5) is 37.7. The fourth-order valence-corrected chi connectivity index (χ4v) is 2.64. The van der Waals surface area contributed by atoms with Gasteiger partial charge in [0.2, 0.25) is 0 Å². The van der Waals surface area contributed by atoms with Gasteiger partial charge in [-0.1, -0.05) is 48.5 Å². The number of hydrogen-bond donors (Lipinski definition) is 0. The van der Waals surface area contributed by atoms with Crippen molar-refractivity contribution >= 4 is 17.3 Å². The monoisotopic (exact) mass is 398 g/mol. The minimum atomic E-state index is -0.971. The second-order valence-corrected chi connectivity index (χ2v) is 9.99. The van der Waals surface area contributed by atoms with Gasteiger partial charge in [0.1, 0.15) is 18.3 Å². The second-order valence-electron chi connectivity index (χ2n) is 9.99. The highest BCUT2D eigenvalue weighted by molar-refractivity contribution is 5.89. The maximum absolute atomic E-state index is 13.0. The Kier molecular flexibility index (Phi) is 8.82. The van der Waals surface area contributed by atoms with Crippen LogP contribution in [0.5, 0.6) is 0 Å². The smallest absolute Gasteiger partial charge is 0.167 e. The molecule has 2 atom stereocenters. The molecule has 0 N–H and O–H groups in total. The molecule has 0 radical (unpaired) electrons. The number of ketones is 3. The zero-order chi connectivity index (χ0) is 22.7. The molecule has 0 saturated heterocycles. The maximum atomic E-state index is 13.0. The summed E-state index contributed by atoms with van der Waals surface area (Å²) in [6.45, 7) is 21.7. The summed E-state index contributed by atoms with van der Waals surface area (Å²) >= 11 is 0. The van der Waals surface area contributed by atoms with Crippen LogP contribution in [0.2, 0.25) is 0 Å². The van der Waals surface area contributed by atoms with Crippen molar-refractivity contribution in [3.05, 3.63) is 0 Å². The Labute approximate surface area is 171 Å². The van der Waals surface area contributed by atoms with Crippen molar-refractivity contribution in [3.8, 4) is 0 Å². The third-order valence-electron chi connectivity index (χ3n) is 7.06. The van der Waals surface area contributed by atoms with Crippen molar-refractivity contribution in [3.63, 3.8) is 0 Å². The minimum Gasteiger partial charge on any atom is -0.364 e. The topological polar surface area (TPSA) is 69.7 Å². The predicted molar refractivity (Wildman–Crippen MR) is 112 cm³/mol. The van der Waals surface area contributed by atoms with Crippen molar-refractivity contribution in [2.45, 2.75) is 107 Å². The van der Waals surface area contributed by atoms with Gasteiger partial charge in [-0.2, -0.15) is 0 Å². The Hall–Kier alpha value is -1.07. The summed E-state index contributed by atoms with van der Waals surface area (Å²) in [6.07, 6.45) is -0.148. The molecule has 0 aromatic rings. The standard InChI is InChI=1S/C23H42O5/c1-13-23(12,17(5)24)27-14-18(25)21(8,9)22(10,11)28-16(4)19(26)20(6,7)15(2)3/h15-16H,13-14H2,1-12H3. The third-order valence-corrected chi connectivity index (χ3v) is 7.06. The van der Waals surface area contributed by atoms with Gasteiger partial charge in [-0.3, -0.25) is 14.4 Å². The Bertz CT molecular complexity index is 586. The molecule has 28 heavy (non-hydrogen) atoms. The van der Waals surface area contributed by atoms with E-state index in [0.717, 1.165) is 0 Å². The first kappa shape index (κ1) is 26.9. The average Bonchev–Trinajstić information content (AvgIpc) is 2.57. The normalized spacial score (nSPS) is 16.6. The Morgan fingerprint density at radius 1 is 0.893 bits per heavy atom. The highest BCUT2D eigenvalue weighted by atomic mass is 16.5. The number of hydrogen-bond acceptors (Lipinski definition) is 5. The minimum absolute atomic E-state index is 0.0187. The van der Waals surface area contributed by atoms with Gasteiger partial charge in [-0.05, 0) is 47.0 Å². The van der Waals surface area contributed by atoms with E-state index in [1.54, 1.807) is 27.7 Å². The molecule has 0 rings (SSSR count). The summed E-state index contributed by atoms with van der Waals surface area (Å²) < 4.78 is 11.8. The van der Waals surface area contributed by atoms with E-state index in [1.807, 2.05) is 48.5 Å². The fraction of sp³-hybridized carbons (Fsp3) is 0.870. The van der Waals surface area contributed by atoms with Gasteiger partial charge in [-0.25, -0.2) is 0 Å². The van der Waals surface area contributed by atoms with E-state index in [2.05, 4.69) is 0 Å². The lowest BCUT2D eigenvalue weighted by Crippen LogP contribution is -2.53. The SMILES string of the molecule is CCC(C)(OCC(=O)C(C)(C)C(C)(C)OC(C)C(=O)C(C)(C)C(C)C)C(C)=O. The summed E-state index contributed by atoms with van der Waals surface area (Å²) in [5.74, 6) is -0.0758. The van der Waals surface area contributed by atoms with Crippen LogP contribution in [0.25, 0.3) is 0 Å². The van der Waals surface area contributed by atoms with Crippen LogP contribution < -0.4 is 0 Å². The van der Waals surface area contributed by atoms with Crippen LogP contribution in [0.1, 0.15) is 89.5 Å². The highest BCUT2D eigenvalue weighted by Crippen LogP contribution is 2.38. The van der Waals surface area contributed by atoms with Gasteiger partial charge >= 0.3 is 0 Å². The Morgan fingerprint density at radius 3 is 1.71 bits per heavy atom. The first-order valence-corrected chi connectivity index (χ1v) is 10.3. The second kappa shape index (κ2) is 9.17. The zero-order valence-corrected chi connectivity index (χ0v) is 20.1. The highest BCUT2D eigenvalue weighted by Gasteiger charge is 2.47. The largest absolute Gasteiger partial charge is 0.364 e. The maximum Gasteiger partial charge on any atom is 0.167 e. The zero-order valence-electron chi connectivity index (χ0n) is 20.1. The molecule has 0 saturated carbocycles. The number of rotatable bonds is 12. The summed E-state index contributed by atoms with van der Waals surface area (Å²) in [5.41, 5.74) is -3.29. The molecule has 2 unspecified atom stereocenters. The molecular weight excluding hydrogens is 356 g/mol. The molecular formula is C23H42O5. The number of carbonyl (C=O) groups excluding carboxylic acids is 3. The molecule has 164 valence electrons. The van der Waals surface area contributed by atoms with Gasteiger partial charge in [0.15, 0.2) is 17.3 Å². The van der Waals surface area contributed by atoms with Gasteiger partial charge in [0, 0.05) is 5.41 Å². The lowest BCUT2D eigenvalue weighted by molar-refractivity contribution is -0.176. The van der Waals surface area contributed by atoms with Gasteiger partial charge in [0.05, 0.1) is 11.0 Å². The van der Waals surface area contributed by atoms with E-state index in [0.29, 0.717) is 6.42 Å². The van der Waals surface area contributed by atoms with E-state index in [4.69, 9.17) is 9.47 Å². The molecule has 5 heteroatoms. The molecule has 0 aliphatic rings. The molecule has 0 amide bonds. The van der Waals surface area contributed by atoms with Crippen molar-refractivity contribution in [2.75, 3.05) is 6.61 Å². The van der Waals surface area contributed by atoms with Crippen LogP contribution in [-0.2, 0) is 23.9 Å². The summed E-state index contributed by atoms with van der Waals surface area (Å²) in [6, 6.07) is 0. The molecule has 0 fully saturated rings. The first-order chi connectivity index (χ1) is 12.4. The Balaban J connectivity index is 5.34. The third kappa shape index (κ3) is 5.73. The van der Waals surface area contributed by atoms with Crippen LogP contribution in [0.4, 0.5) is 0 Å². The van der Waals surface area contributed by atoms with Crippen LogP contribution in [-0.4, -0.2) is 41.3 Å². The lowest BCUT2D eigenvalue weighted by atomic mass is 9.72. The molecule has 0 heterocycles. The Morgan fingerprint density at radius 2 is 1.36 bits per heavy atom. The van der Waals surface area contributed by atoms with Gasteiger partial charge in [-0.15, -0.1) is 0 Å². The van der Waals surface area contributed by atoms with Crippen molar-refractivity contribution in [1.29, 1.82) is 0 Å². The molecule has 0 bridgehead atoms. The predicted octanol–water partition coefficient (Wildman–Crippen LogP) is 4.79. The lowest BCUT2D eigenvalue weighted by Gasteiger charge is -2.43. The van der Waals surface area contributed by atoms with Crippen LogP contribution in [0.3, 0.4) is 0 Å². The first-order valence-electron chi connectivity index (χ1n) is 10.3. The van der Waals surface area contributed by atoms with Crippen molar-refractivity contribution in [1.82, 2.24) is 0 Å². The van der Waals surface area contributed by atoms with Crippen molar-refractivity contribution in [2.24, 2.45) is 16.7 Å². The molecule has 0 aromatic heterocycles. The molecule has 0 spiro atoms. The molecule has 0 aliphatic heterocycles. The number of ether oxygens (including phenoxy) is 2. The van der Waals surface area contributed by atoms with Crippen LogP contribution >= 0.6 is 0 Å². The van der Waals surface area contributed by atoms with E-state index in [9.17, 15) is 14.4 Å². The van der Waals surface area contributed by atoms with Crippen LogP contribution in [0.15, 0.2) is 0 Å². The van der Waals surface area contributed by atoms with E-state index in [1.165, 1.54) is 6.92 Å². The molecule has 5 nitrogen and oxygen atoms in total.